The van der Waals surface area contributed by atoms with Crippen LogP contribution in [0.25, 0.3) is 10.9 Å². The van der Waals surface area contributed by atoms with E-state index >= 15 is 0 Å². The van der Waals surface area contributed by atoms with Gasteiger partial charge in [-0.25, -0.2) is 0 Å². The van der Waals surface area contributed by atoms with Crippen molar-refractivity contribution in [2.75, 3.05) is 21.3 Å². The standard InChI is InChI=1S/C18H17N3O4S/c1-23-14-8-11(9-15(24-2)16(14)25-3)10-19-21-17(22)12-6-4-5-7-13(12)20-18(21)26/h4-10H,1-3H3,(H,20,26)/b19-10+. The zero-order chi connectivity index (χ0) is 18.7. The number of nitrogens with zero attached hydrogens (tertiary/aromatic N) is 2. The highest BCUT2D eigenvalue weighted by Crippen LogP contribution is 2.37. The number of nitrogens with one attached hydrogen (secondary N) is 1. The normalized spacial score (nSPS) is 11.0. The molecular formula is C18H17N3O4S. The van der Waals surface area contributed by atoms with Crippen LogP contribution >= 0.6 is 12.2 Å². The fourth-order valence-corrected chi connectivity index (χ4v) is 2.80. The molecule has 0 bridgehead atoms. The van der Waals surface area contributed by atoms with Gasteiger partial charge < -0.3 is 19.2 Å². The van der Waals surface area contributed by atoms with Gasteiger partial charge in [-0.15, -0.1) is 0 Å². The van der Waals surface area contributed by atoms with Crippen LogP contribution in [0.1, 0.15) is 5.56 Å². The Balaban J connectivity index is 2.10. The van der Waals surface area contributed by atoms with Crippen molar-refractivity contribution in [1.29, 1.82) is 0 Å². The van der Waals surface area contributed by atoms with E-state index < -0.39 is 0 Å². The molecule has 1 aromatic heterocycles. The van der Waals surface area contributed by atoms with Gasteiger partial charge in [-0.1, -0.05) is 12.1 Å². The van der Waals surface area contributed by atoms with Gasteiger partial charge in [-0.3, -0.25) is 4.79 Å². The van der Waals surface area contributed by atoms with E-state index in [1.165, 1.54) is 27.5 Å². The molecule has 0 fully saturated rings. The van der Waals surface area contributed by atoms with Crippen molar-refractivity contribution in [2.45, 2.75) is 0 Å². The lowest BCUT2D eigenvalue weighted by Gasteiger charge is -2.12. The summed E-state index contributed by atoms with van der Waals surface area (Å²) in [5.74, 6) is 1.46. The average molecular weight is 371 g/mol. The number of aromatic amines is 1. The van der Waals surface area contributed by atoms with Crippen LogP contribution in [0.3, 0.4) is 0 Å². The van der Waals surface area contributed by atoms with Crippen molar-refractivity contribution in [2.24, 2.45) is 5.10 Å². The molecule has 0 saturated carbocycles. The van der Waals surface area contributed by atoms with Crippen LogP contribution in [-0.2, 0) is 0 Å². The van der Waals surface area contributed by atoms with Crippen molar-refractivity contribution in [1.82, 2.24) is 9.66 Å². The first-order valence-electron chi connectivity index (χ1n) is 7.67. The van der Waals surface area contributed by atoms with E-state index in [0.717, 1.165) is 4.68 Å². The smallest absolute Gasteiger partial charge is 0.282 e. The van der Waals surface area contributed by atoms with Gasteiger partial charge in [-0.05, 0) is 36.5 Å². The molecule has 0 saturated heterocycles. The highest BCUT2D eigenvalue weighted by atomic mass is 32.1. The highest BCUT2D eigenvalue weighted by molar-refractivity contribution is 7.71. The Morgan fingerprint density at radius 1 is 1.08 bits per heavy atom. The first kappa shape index (κ1) is 17.7. The maximum absolute atomic E-state index is 12.6. The summed E-state index contributed by atoms with van der Waals surface area (Å²) >= 11 is 5.24. The number of hydrogen-bond donors (Lipinski definition) is 1. The van der Waals surface area contributed by atoms with Gasteiger partial charge in [0.1, 0.15) is 0 Å². The van der Waals surface area contributed by atoms with Crippen LogP contribution < -0.4 is 19.8 Å². The quantitative estimate of drug-likeness (QED) is 0.551. The zero-order valence-corrected chi connectivity index (χ0v) is 15.3. The SMILES string of the molecule is COc1cc(/C=N/n2c(=S)[nH]c3ccccc3c2=O)cc(OC)c1OC. The molecule has 0 spiro atoms. The Kier molecular flexibility index (Phi) is 5.04. The third-order valence-electron chi connectivity index (χ3n) is 3.79. The summed E-state index contributed by atoms with van der Waals surface area (Å²) in [5, 5.41) is 4.73. The predicted octanol–water partition coefficient (Wildman–Crippen LogP) is 2.97. The third-order valence-corrected chi connectivity index (χ3v) is 4.07. The molecule has 134 valence electrons. The summed E-state index contributed by atoms with van der Waals surface area (Å²) < 4.78 is 17.3. The fraction of sp³-hybridized carbons (Fsp3) is 0.167. The van der Waals surface area contributed by atoms with Crippen LogP contribution in [0.4, 0.5) is 0 Å². The number of ether oxygens (including phenoxy) is 3. The van der Waals surface area contributed by atoms with Gasteiger partial charge in [0.2, 0.25) is 10.5 Å². The second-order valence-electron chi connectivity index (χ2n) is 5.30. The topological polar surface area (TPSA) is 77.8 Å². The summed E-state index contributed by atoms with van der Waals surface area (Å²) in [4.78, 5) is 15.6. The summed E-state index contributed by atoms with van der Waals surface area (Å²) in [7, 11) is 4.59. The first-order chi connectivity index (χ1) is 12.6. The van der Waals surface area contributed by atoms with E-state index in [4.69, 9.17) is 26.4 Å². The van der Waals surface area contributed by atoms with Crippen molar-refractivity contribution in [3.05, 3.63) is 57.1 Å². The van der Waals surface area contributed by atoms with Gasteiger partial charge in [0.15, 0.2) is 11.5 Å². The minimum Gasteiger partial charge on any atom is -0.493 e. The molecule has 2 aromatic carbocycles. The molecule has 1 heterocycles. The number of methoxy groups -OCH3 is 3. The Labute approximate surface area is 154 Å². The van der Waals surface area contributed by atoms with Crippen LogP contribution in [0.15, 0.2) is 46.3 Å². The average Bonchev–Trinajstić information content (AvgIpc) is 2.66. The fourth-order valence-electron chi connectivity index (χ4n) is 2.56. The molecular weight excluding hydrogens is 354 g/mol. The van der Waals surface area contributed by atoms with Crippen molar-refractivity contribution >= 4 is 29.3 Å². The molecule has 0 aliphatic carbocycles. The Hall–Kier alpha value is -3.13. The lowest BCUT2D eigenvalue weighted by molar-refractivity contribution is 0.324. The molecule has 8 heteroatoms. The van der Waals surface area contributed by atoms with E-state index in [-0.39, 0.29) is 10.3 Å². The number of aromatic nitrogens is 2. The minimum atomic E-state index is -0.298. The Morgan fingerprint density at radius 2 is 1.73 bits per heavy atom. The number of hydrogen-bond acceptors (Lipinski definition) is 6. The minimum absolute atomic E-state index is 0.206. The number of H-pyrrole nitrogens is 1. The molecule has 26 heavy (non-hydrogen) atoms. The molecule has 0 atom stereocenters. The van der Waals surface area contributed by atoms with Gasteiger partial charge in [-0.2, -0.15) is 9.78 Å². The second-order valence-corrected chi connectivity index (χ2v) is 5.68. The zero-order valence-electron chi connectivity index (χ0n) is 14.5. The van der Waals surface area contributed by atoms with Crippen molar-refractivity contribution in [3.63, 3.8) is 0 Å². The van der Waals surface area contributed by atoms with Crippen LogP contribution in [0.2, 0.25) is 0 Å². The second kappa shape index (κ2) is 7.40. The highest BCUT2D eigenvalue weighted by Gasteiger charge is 2.12. The van der Waals surface area contributed by atoms with Gasteiger partial charge in [0.25, 0.3) is 5.56 Å². The molecule has 3 aromatic rings. The van der Waals surface area contributed by atoms with E-state index in [1.807, 2.05) is 6.07 Å². The summed E-state index contributed by atoms with van der Waals surface area (Å²) in [5.41, 5.74) is 1.03. The molecule has 0 radical (unpaired) electrons. The van der Waals surface area contributed by atoms with Crippen LogP contribution in [0.5, 0.6) is 17.2 Å². The Morgan fingerprint density at radius 3 is 2.35 bits per heavy atom. The maximum atomic E-state index is 12.6. The molecule has 0 aliphatic heterocycles. The Bertz CT molecular complexity index is 1080. The molecule has 0 amide bonds. The largest absolute Gasteiger partial charge is 0.493 e. The number of fused-ring (bicyclic) bond motifs is 1. The number of benzene rings is 2. The lowest BCUT2D eigenvalue weighted by Crippen LogP contribution is -2.18. The molecule has 0 aliphatic rings. The summed E-state index contributed by atoms with van der Waals surface area (Å²) in [6, 6.07) is 10.6. The van der Waals surface area contributed by atoms with E-state index in [2.05, 4.69) is 10.1 Å². The summed E-state index contributed by atoms with van der Waals surface area (Å²) in [6.07, 6.45) is 1.50. The summed E-state index contributed by atoms with van der Waals surface area (Å²) in [6.45, 7) is 0. The predicted molar refractivity (Wildman–Crippen MR) is 102 cm³/mol. The maximum Gasteiger partial charge on any atom is 0.282 e. The molecule has 3 rings (SSSR count). The number of para-hydroxylation sites is 1. The van der Waals surface area contributed by atoms with Crippen molar-refractivity contribution < 1.29 is 14.2 Å². The van der Waals surface area contributed by atoms with Crippen LogP contribution in [0, 0.1) is 4.77 Å². The van der Waals surface area contributed by atoms with Gasteiger partial charge in [0.05, 0.1) is 38.4 Å². The first-order valence-corrected chi connectivity index (χ1v) is 8.08. The lowest BCUT2D eigenvalue weighted by atomic mass is 10.2. The van der Waals surface area contributed by atoms with Gasteiger partial charge in [0, 0.05) is 5.56 Å². The number of rotatable bonds is 5. The van der Waals surface area contributed by atoms with Gasteiger partial charge >= 0.3 is 0 Å². The van der Waals surface area contributed by atoms with Crippen molar-refractivity contribution in [3.8, 4) is 17.2 Å². The molecule has 0 unspecified atom stereocenters. The monoisotopic (exact) mass is 371 g/mol. The molecule has 7 nitrogen and oxygen atoms in total. The molecule has 1 N–H and O–H groups in total. The van der Waals surface area contributed by atoms with Crippen LogP contribution in [-0.4, -0.2) is 37.2 Å². The third kappa shape index (κ3) is 3.18. The van der Waals surface area contributed by atoms with E-state index in [0.29, 0.717) is 33.7 Å². The van der Waals surface area contributed by atoms with E-state index in [9.17, 15) is 4.79 Å². The van der Waals surface area contributed by atoms with E-state index in [1.54, 1.807) is 30.3 Å².